The second-order valence-electron chi connectivity index (χ2n) is 5.22. The molecule has 1 aromatic heterocycles. The second kappa shape index (κ2) is 7.17. The van der Waals surface area contributed by atoms with Gasteiger partial charge in [0.1, 0.15) is 11.3 Å². The van der Waals surface area contributed by atoms with E-state index in [4.69, 9.17) is 27.9 Å². The lowest BCUT2D eigenvalue weighted by atomic mass is 10.1. The molecule has 0 aliphatic rings. The molecule has 128 valence electrons. The lowest BCUT2D eigenvalue weighted by Gasteiger charge is -2.15. The van der Waals surface area contributed by atoms with Crippen molar-refractivity contribution in [3.05, 3.63) is 58.2 Å². The molecule has 1 heterocycles. The summed E-state index contributed by atoms with van der Waals surface area (Å²) >= 11 is 12.4. The summed E-state index contributed by atoms with van der Waals surface area (Å²) in [5, 5.41) is 14.0. The zero-order valence-electron chi connectivity index (χ0n) is 13.2. The van der Waals surface area contributed by atoms with Crippen molar-refractivity contribution in [3.8, 4) is 5.75 Å². The van der Waals surface area contributed by atoms with E-state index in [0.29, 0.717) is 32.3 Å². The average molecular weight is 377 g/mol. The molecule has 7 heteroatoms. The summed E-state index contributed by atoms with van der Waals surface area (Å²) in [6.45, 7) is 1.97. The molecular formula is C18H14Cl2N2O3. The highest BCUT2D eigenvalue weighted by molar-refractivity contribution is 6.38. The standard InChI is InChI=1S/C18H14Cl2N2O3/c1-2-25-18(24)14-9-21-17-13(7-10(19)8-15(17)20)16(14)22-11-3-5-12(23)6-4-11/h3-9,23H,2H2,1H3,(H,21,22). The number of benzene rings is 2. The van der Waals surface area contributed by atoms with E-state index in [1.54, 1.807) is 31.2 Å². The Morgan fingerprint density at radius 3 is 2.64 bits per heavy atom. The number of hydrogen-bond acceptors (Lipinski definition) is 5. The van der Waals surface area contributed by atoms with Crippen molar-refractivity contribution in [2.45, 2.75) is 6.92 Å². The zero-order chi connectivity index (χ0) is 18.0. The van der Waals surface area contributed by atoms with Gasteiger partial charge in [0.05, 0.1) is 22.8 Å². The molecule has 0 aliphatic heterocycles. The highest BCUT2D eigenvalue weighted by atomic mass is 35.5. The third-order valence-corrected chi connectivity index (χ3v) is 4.03. The first-order valence-electron chi connectivity index (χ1n) is 7.50. The van der Waals surface area contributed by atoms with E-state index in [9.17, 15) is 9.90 Å². The maximum absolute atomic E-state index is 12.3. The number of phenolic OH excluding ortho intramolecular Hbond substituents is 1. The summed E-state index contributed by atoms with van der Waals surface area (Å²) < 4.78 is 5.11. The van der Waals surface area contributed by atoms with Crippen LogP contribution in [0, 0.1) is 0 Å². The van der Waals surface area contributed by atoms with Crippen LogP contribution in [0.15, 0.2) is 42.6 Å². The first-order valence-corrected chi connectivity index (χ1v) is 8.26. The molecule has 2 N–H and O–H groups in total. The summed E-state index contributed by atoms with van der Waals surface area (Å²) in [5.41, 5.74) is 1.94. The maximum atomic E-state index is 12.3. The molecule has 0 fully saturated rings. The predicted molar refractivity (Wildman–Crippen MR) is 99.1 cm³/mol. The van der Waals surface area contributed by atoms with Crippen molar-refractivity contribution in [1.29, 1.82) is 0 Å². The number of aromatic nitrogens is 1. The third-order valence-electron chi connectivity index (χ3n) is 3.52. The predicted octanol–water partition coefficient (Wildman–Crippen LogP) is 5.17. The highest BCUT2D eigenvalue weighted by Gasteiger charge is 2.18. The molecule has 3 rings (SSSR count). The first-order chi connectivity index (χ1) is 12.0. The van der Waals surface area contributed by atoms with Gasteiger partial charge in [-0.15, -0.1) is 0 Å². The van der Waals surface area contributed by atoms with E-state index in [2.05, 4.69) is 10.3 Å². The van der Waals surface area contributed by atoms with E-state index in [-0.39, 0.29) is 17.9 Å². The van der Waals surface area contributed by atoms with Crippen LogP contribution in [0.1, 0.15) is 17.3 Å². The number of esters is 1. The van der Waals surface area contributed by atoms with Crippen LogP contribution in [0.25, 0.3) is 10.9 Å². The van der Waals surface area contributed by atoms with Gasteiger partial charge in [-0.1, -0.05) is 23.2 Å². The largest absolute Gasteiger partial charge is 0.508 e. The van der Waals surface area contributed by atoms with Crippen LogP contribution < -0.4 is 5.32 Å². The quantitative estimate of drug-likeness (QED) is 0.485. The van der Waals surface area contributed by atoms with E-state index < -0.39 is 5.97 Å². The molecule has 0 saturated heterocycles. The van der Waals surface area contributed by atoms with Gasteiger partial charge in [-0.3, -0.25) is 4.98 Å². The molecule has 0 aliphatic carbocycles. The molecule has 0 spiro atoms. The molecular weight excluding hydrogens is 363 g/mol. The molecule has 0 saturated carbocycles. The number of carbonyl (C=O) groups is 1. The van der Waals surface area contributed by atoms with Crippen molar-refractivity contribution in [2.24, 2.45) is 0 Å². The van der Waals surface area contributed by atoms with E-state index in [1.165, 1.54) is 18.3 Å². The molecule has 25 heavy (non-hydrogen) atoms. The smallest absolute Gasteiger partial charge is 0.341 e. The topological polar surface area (TPSA) is 71.5 Å². The number of ether oxygens (including phenoxy) is 1. The maximum Gasteiger partial charge on any atom is 0.341 e. The molecule has 0 radical (unpaired) electrons. The number of pyridine rings is 1. The number of hydrogen-bond donors (Lipinski definition) is 2. The first kappa shape index (κ1) is 17.3. The van der Waals surface area contributed by atoms with Crippen molar-refractivity contribution >= 4 is 51.4 Å². The Morgan fingerprint density at radius 2 is 1.96 bits per heavy atom. The van der Waals surface area contributed by atoms with Gasteiger partial charge >= 0.3 is 5.97 Å². The minimum atomic E-state index is -0.505. The summed E-state index contributed by atoms with van der Waals surface area (Å²) in [4.78, 5) is 16.6. The summed E-state index contributed by atoms with van der Waals surface area (Å²) in [6, 6.07) is 9.71. The highest BCUT2D eigenvalue weighted by Crippen LogP contribution is 2.35. The van der Waals surface area contributed by atoms with E-state index in [0.717, 1.165) is 0 Å². The summed E-state index contributed by atoms with van der Waals surface area (Å²) in [6.07, 6.45) is 1.42. The average Bonchev–Trinajstić information content (AvgIpc) is 2.57. The zero-order valence-corrected chi connectivity index (χ0v) is 14.7. The number of halogens is 2. The fourth-order valence-electron chi connectivity index (χ4n) is 2.41. The third kappa shape index (κ3) is 3.62. The van der Waals surface area contributed by atoms with Gasteiger partial charge in [0.15, 0.2) is 0 Å². The number of nitrogens with zero attached hydrogens (tertiary/aromatic N) is 1. The number of rotatable bonds is 4. The monoisotopic (exact) mass is 376 g/mol. The Labute approximate surface area is 154 Å². The van der Waals surface area contributed by atoms with Gasteiger partial charge in [-0.2, -0.15) is 0 Å². The number of aromatic hydroxyl groups is 1. The number of nitrogens with one attached hydrogen (secondary N) is 1. The lowest BCUT2D eigenvalue weighted by Crippen LogP contribution is -2.09. The fourth-order valence-corrected chi connectivity index (χ4v) is 2.96. The van der Waals surface area contributed by atoms with Crippen LogP contribution in [0.2, 0.25) is 10.0 Å². The summed E-state index contributed by atoms with van der Waals surface area (Å²) in [5.74, 6) is -0.365. The van der Waals surface area contributed by atoms with Crippen molar-refractivity contribution in [3.63, 3.8) is 0 Å². The lowest BCUT2D eigenvalue weighted by molar-refractivity contribution is 0.0527. The summed E-state index contributed by atoms with van der Waals surface area (Å²) in [7, 11) is 0. The van der Waals surface area contributed by atoms with E-state index >= 15 is 0 Å². The van der Waals surface area contributed by atoms with Crippen molar-refractivity contribution in [2.75, 3.05) is 11.9 Å². The minimum absolute atomic E-state index is 0.141. The molecule has 2 aromatic carbocycles. The van der Waals surface area contributed by atoms with Crippen LogP contribution in [-0.2, 0) is 4.74 Å². The SMILES string of the molecule is CCOC(=O)c1cnc2c(Cl)cc(Cl)cc2c1Nc1ccc(O)cc1. The Bertz CT molecular complexity index is 943. The Morgan fingerprint density at radius 1 is 1.24 bits per heavy atom. The Hall–Kier alpha value is -2.50. The number of carbonyl (C=O) groups excluding carboxylic acids is 1. The van der Waals surface area contributed by atoms with Gasteiger partial charge < -0.3 is 15.2 Å². The van der Waals surface area contributed by atoms with Gasteiger partial charge in [-0.05, 0) is 43.3 Å². The normalized spacial score (nSPS) is 10.7. The van der Waals surface area contributed by atoms with Crippen LogP contribution in [0.3, 0.4) is 0 Å². The molecule has 3 aromatic rings. The molecule has 0 atom stereocenters. The van der Waals surface area contributed by atoms with Gasteiger partial charge in [0.2, 0.25) is 0 Å². The Balaban J connectivity index is 2.21. The van der Waals surface area contributed by atoms with Crippen LogP contribution in [0.5, 0.6) is 5.75 Å². The van der Waals surface area contributed by atoms with Gasteiger partial charge in [0.25, 0.3) is 0 Å². The number of fused-ring (bicyclic) bond motifs is 1. The van der Waals surface area contributed by atoms with Gasteiger partial charge in [0, 0.05) is 22.3 Å². The number of anilines is 2. The van der Waals surface area contributed by atoms with Crippen LogP contribution in [-0.4, -0.2) is 22.7 Å². The molecule has 0 bridgehead atoms. The fraction of sp³-hybridized carbons (Fsp3) is 0.111. The molecule has 5 nitrogen and oxygen atoms in total. The Kier molecular flexibility index (Phi) is 4.97. The molecule has 0 amide bonds. The van der Waals surface area contributed by atoms with Crippen molar-refractivity contribution in [1.82, 2.24) is 4.98 Å². The molecule has 0 unspecified atom stereocenters. The van der Waals surface area contributed by atoms with Gasteiger partial charge in [-0.25, -0.2) is 4.79 Å². The number of phenols is 1. The van der Waals surface area contributed by atoms with Crippen LogP contribution in [0.4, 0.5) is 11.4 Å². The van der Waals surface area contributed by atoms with E-state index in [1.807, 2.05) is 0 Å². The van der Waals surface area contributed by atoms with Crippen LogP contribution >= 0.6 is 23.2 Å². The second-order valence-corrected chi connectivity index (χ2v) is 6.07. The minimum Gasteiger partial charge on any atom is -0.508 e. The van der Waals surface area contributed by atoms with Crippen molar-refractivity contribution < 1.29 is 14.6 Å².